The summed E-state index contributed by atoms with van der Waals surface area (Å²) in [5, 5.41) is 6.52. The largest absolute Gasteiger partial charge is 0.442 e. The van der Waals surface area contributed by atoms with Gasteiger partial charge in [0.05, 0.1) is 0 Å². The van der Waals surface area contributed by atoms with E-state index < -0.39 is 10.0 Å². The first-order valence-corrected chi connectivity index (χ1v) is 12.5. The average molecular weight is 471 g/mol. The summed E-state index contributed by atoms with van der Waals surface area (Å²) in [7, 11) is -3.75. The first-order chi connectivity index (χ1) is 16.0. The van der Waals surface area contributed by atoms with Crippen LogP contribution in [0.5, 0.6) is 0 Å². The van der Waals surface area contributed by atoms with Crippen LogP contribution in [0.15, 0.2) is 58.3 Å². The number of rotatable bonds is 5. The van der Waals surface area contributed by atoms with Crippen LogP contribution in [0.4, 0.5) is 5.82 Å². The maximum Gasteiger partial charge on any atom is 0.276 e. The number of carbonyl (C=O) groups is 1. The van der Waals surface area contributed by atoms with Crippen molar-refractivity contribution < 1.29 is 17.6 Å². The molecule has 11 heteroatoms. The second kappa shape index (κ2) is 8.99. The fraction of sp³-hybridized carbons (Fsp3) is 0.409. The second-order valence-corrected chi connectivity index (χ2v) is 10.1. The van der Waals surface area contributed by atoms with Crippen molar-refractivity contribution in [1.29, 1.82) is 0 Å². The Morgan fingerprint density at radius 3 is 2.42 bits per heavy atom. The Labute approximate surface area is 192 Å². The number of nitrogens with zero attached hydrogens (tertiary/aromatic N) is 5. The molecule has 174 valence electrons. The first kappa shape index (κ1) is 21.7. The number of hydrogen-bond acceptors (Lipinski definition) is 7. The summed E-state index contributed by atoms with van der Waals surface area (Å²) in [5.74, 6) is 1.31. The van der Waals surface area contributed by atoms with Crippen LogP contribution >= 0.6 is 0 Å². The lowest BCUT2D eigenvalue weighted by Gasteiger charge is -2.38. The fourth-order valence-corrected chi connectivity index (χ4v) is 5.80. The van der Waals surface area contributed by atoms with Gasteiger partial charge in [-0.2, -0.15) is 9.40 Å². The molecule has 2 fully saturated rings. The van der Waals surface area contributed by atoms with Gasteiger partial charge in [0.15, 0.2) is 5.76 Å². The molecule has 1 amide bonds. The number of furan rings is 1. The third kappa shape index (κ3) is 4.38. The normalized spacial score (nSPS) is 18.5. The minimum atomic E-state index is -3.75. The highest BCUT2D eigenvalue weighted by atomic mass is 32.2. The lowest BCUT2D eigenvalue weighted by atomic mass is 9.96. The average Bonchev–Trinajstić information content (AvgIpc) is 3.57. The van der Waals surface area contributed by atoms with Gasteiger partial charge in [-0.3, -0.25) is 9.89 Å². The topological polar surface area (TPSA) is 116 Å². The van der Waals surface area contributed by atoms with Crippen LogP contribution in [0.3, 0.4) is 0 Å². The molecule has 3 aromatic heterocycles. The lowest BCUT2D eigenvalue weighted by molar-refractivity contribution is -0.137. The van der Waals surface area contributed by atoms with Crippen LogP contribution in [0.2, 0.25) is 0 Å². The standard InChI is InChI=1S/C22H26N6O4S/c29-22(27-15-13-26(14-16-27)20-3-1-2-9-23-20)17-7-11-28(12-8-17)33(30,31)21-5-4-19(32-21)18-6-10-24-25-18/h1-6,9-10,17H,7-8,11-16H2,(H,24,25). The highest BCUT2D eigenvalue weighted by Crippen LogP contribution is 2.29. The molecule has 10 nitrogen and oxygen atoms in total. The molecule has 0 bridgehead atoms. The van der Waals surface area contributed by atoms with E-state index in [-0.39, 0.29) is 16.9 Å². The van der Waals surface area contributed by atoms with Crippen molar-refractivity contribution in [1.82, 2.24) is 24.4 Å². The van der Waals surface area contributed by atoms with Gasteiger partial charge in [-0.1, -0.05) is 6.07 Å². The van der Waals surface area contributed by atoms with Gasteiger partial charge in [-0.05, 0) is 43.2 Å². The molecular formula is C22H26N6O4S. The minimum Gasteiger partial charge on any atom is -0.442 e. The smallest absolute Gasteiger partial charge is 0.276 e. The van der Waals surface area contributed by atoms with E-state index in [1.807, 2.05) is 23.1 Å². The van der Waals surface area contributed by atoms with Crippen LogP contribution in [0, 0.1) is 5.92 Å². The number of piperazine rings is 1. The molecule has 33 heavy (non-hydrogen) atoms. The molecule has 0 spiro atoms. The summed E-state index contributed by atoms with van der Waals surface area (Å²) in [5.41, 5.74) is 0.615. The van der Waals surface area contributed by atoms with E-state index in [4.69, 9.17) is 4.42 Å². The monoisotopic (exact) mass is 470 g/mol. The summed E-state index contributed by atoms with van der Waals surface area (Å²) in [6, 6.07) is 10.6. The zero-order chi connectivity index (χ0) is 22.8. The number of sulfonamides is 1. The van der Waals surface area contributed by atoms with Crippen molar-refractivity contribution in [2.45, 2.75) is 17.9 Å². The zero-order valence-corrected chi connectivity index (χ0v) is 18.9. The van der Waals surface area contributed by atoms with Gasteiger partial charge in [-0.25, -0.2) is 13.4 Å². The van der Waals surface area contributed by atoms with Gasteiger partial charge in [0.2, 0.25) is 11.0 Å². The van der Waals surface area contributed by atoms with Gasteiger partial charge in [-0.15, -0.1) is 0 Å². The predicted molar refractivity (Wildman–Crippen MR) is 121 cm³/mol. The highest BCUT2D eigenvalue weighted by Gasteiger charge is 2.36. The van der Waals surface area contributed by atoms with Gasteiger partial charge in [0.25, 0.3) is 10.0 Å². The Hall–Kier alpha value is -3.18. The first-order valence-electron chi connectivity index (χ1n) is 11.1. The third-order valence-electron chi connectivity index (χ3n) is 6.31. The van der Waals surface area contributed by atoms with E-state index in [0.29, 0.717) is 50.5 Å². The number of aromatic nitrogens is 3. The van der Waals surface area contributed by atoms with Crippen LogP contribution in [0.1, 0.15) is 12.8 Å². The van der Waals surface area contributed by atoms with E-state index in [1.165, 1.54) is 10.4 Å². The number of hydrogen-bond donors (Lipinski definition) is 1. The molecule has 0 aliphatic carbocycles. The van der Waals surface area contributed by atoms with Crippen molar-refractivity contribution in [3.05, 3.63) is 48.8 Å². The van der Waals surface area contributed by atoms with Crippen molar-refractivity contribution in [3.8, 4) is 11.5 Å². The number of pyridine rings is 1. The maximum atomic E-state index is 13.1. The lowest BCUT2D eigenvalue weighted by Crippen LogP contribution is -2.52. The van der Waals surface area contributed by atoms with E-state index in [9.17, 15) is 13.2 Å². The van der Waals surface area contributed by atoms with E-state index in [0.717, 1.165) is 18.9 Å². The molecule has 2 saturated heterocycles. The van der Waals surface area contributed by atoms with Crippen molar-refractivity contribution in [2.24, 2.45) is 5.92 Å². The minimum absolute atomic E-state index is 0.0949. The van der Waals surface area contributed by atoms with E-state index in [1.54, 1.807) is 24.5 Å². The number of nitrogens with one attached hydrogen (secondary N) is 1. The molecule has 0 unspecified atom stereocenters. The van der Waals surface area contributed by atoms with Crippen LogP contribution < -0.4 is 4.90 Å². The Kier molecular flexibility index (Phi) is 5.90. The van der Waals surface area contributed by atoms with Gasteiger partial charge < -0.3 is 14.2 Å². The molecule has 2 aliphatic rings. The summed E-state index contributed by atoms with van der Waals surface area (Å²) in [4.78, 5) is 21.5. The summed E-state index contributed by atoms with van der Waals surface area (Å²) in [6.07, 6.45) is 4.36. The second-order valence-electron chi connectivity index (χ2n) is 8.27. The Balaban J connectivity index is 1.16. The van der Waals surface area contributed by atoms with Gasteiger partial charge in [0, 0.05) is 57.6 Å². The summed E-state index contributed by atoms with van der Waals surface area (Å²) < 4.78 is 33.0. The van der Waals surface area contributed by atoms with Crippen molar-refractivity contribution in [3.63, 3.8) is 0 Å². The molecule has 5 heterocycles. The molecular weight excluding hydrogens is 444 g/mol. The van der Waals surface area contributed by atoms with Crippen LogP contribution in [-0.2, 0) is 14.8 Å². The number of H-pyrrole nitrogens is 1. The van der Waals surface area contributed by atoms with Gasteiger partial charge >= 0.3 is 0 Å². The molecule has 5 rings (SSSR count). The number of anilines is 1. The number of aromatic amines is 1. The summed E-state index contributed by atoms with van der Waals surface area (Å²) in [6.45, 7) is 3.38. The highest BCUT2D eigenvalue weighted by molar-refractivity contribution is 7.89. The molecule has 0 atom stereocenters. The van der Waals surface area contributed by atoms with Crippen molar-refractivity contribution >= 4 is 21.7 Å². The quantitative estimate of drug-likeness (QED) is 0.605. The maximum absolute atomic E-state index is 13.1. The summed E-state index contributed by atoms with van der Waals surface area (Å²) >= 11 is 0. The predicted octanol–water partition coefficient (Wildman–Crippen LogP) is 1.81. The zero-order valence-electron chi connectivity index (χ0n) is 18.1. The van der Waals surface area contributed by atoms with E-state index in [2.05, 4.69) is 20.1 Å². The Morgan fingerprint density at radius 1 is 0.970 bits per heavy atom. The van der Waals surface area contributed by atoms with Crippen LogP contribution in [0.25, 0.3) is 11.5 Å². The number of piperidine rings is 1. The van der Waals surface area contributed by atoms with Crippen molar-refractivity contribution in [2.75, 3.05) is 44.2 Å². The Bertz CT molecular complexity index is 1180. The molecule has 0 saturated carbocycles. The van der Waals surface area contributed by atoms with E-state index >= 15 is 0 Å². The molecule has 0 aromatic carbocycles. The van der Waals surface area contributed by atoms with Crippen LogP contribution in [-0.4, -0.2) is 78.0 Å². The SMILES string of the molecule is O=C(C1CCN(S(=O)(=O)c2ccc(-c3ccn[nH]3)o2)CC1)N1CCN(c2ccccn2)CC1. The number of carbonyl (C=O) groups excluding carboxylic acids is 1. The molecule has 2 aliphatic heterocycles. The molecule has 1 N–H and O–H groups in total. The molecule has 3 aromatic rings. The fourth-order valence-electron chi connectivity index (χ4n) is 4.42. The van der Waals surface area contributed by atoms with Gasteiger partial charge in [0.1, 0.15) is 11.5 Å². The third-order valence-corrected chi connectivity index (χ3v) is 8.08. The number of amides is 1. The molecule has 0 radical (unpaired) electrons. The Morgan fingerprint density at radius 2 is 1.76 bits per heavy atom.